The quantitative estimate of drug-likeness (QED) is 0.549. The summed E-state index contributed by atoms with van der Waals surface area (Å²) in [6.45, 7) is 4.57. The van der Waals surface area contributed by atoms with E-state index in [2.05, 4.69) is 6.58 Å². The van der Waals surface area contributed by atoms with Crippen LogP contribution in [0, 0.1) is 5.92 Å². The zero-order valence-electron chi connectivity index (χ0n) is 7.05. The molecule has 0 radical (unpaired) electrons. The fourth-order valence-electron chi connectivity index (χ4n) is 1.54. The zero-order valence-corrected chi connectivity index (χ0v) is 7.05. The second-order valence-corrected chi connectivity index (χ2v) is 3.12. The topological polar surface area (TPSA) is 20.3 Å². The van der Waals surface area contributed by atoms with Gasteiger partial charge in [0.2, 0.25) is 5.91 Å². The molecule has 1 saturated heterocycles. The summed E-state index contributed by atoms with van der Waals surface area (Å²) in [5.74, 6) is 0.502. The summed E-state index contributed by atoms with van der Waals surface area (Å²) in [5, 5.41) is 0. The molecular formula is C9H15NO. The smallest absolute Gasteiger partial charge is 0.225 e. The van der Waals surface area contributed by atoms with Crippen LogP contribution in [0.15, 0.2) is 12.7 Å². The van der Waals surface area contributed by atoms with Crippen LogP contribution in [0.1, 0.15) is 19.3 Å². The molecule has 1 heterocycles. The number of piperidine rings is 1. The first-order chi connectivity index (χ1) is 5.25. The van der Waals surface area contributed by atoms with Gasteiger partial charge in [-0.3, -0.25) is 4.79 Å². The number of allylic oxidation sites excluding steroid dienone is 1. The lowest BCUT2D eigenvalue weighted by atomic mass is 9.94. The van der Waals surface area contributed by atoms with Gasteiger partial charge in [-0.25, -0.2) is 0 Å². The normalized spacial score (nSPS) is 25.4. The maximum absolute atomic E-state index is 11.4. The van der Waals surface area contributed by atoms with E-state index in [9.17, 15) is 4.79 Å². The van der Waals surface area contributed by atoms with Crippen LogP contribution in [0.2, 0.25) is 0 Å². The van der Waals surface area contributed by atoms with Gasteiger partial charge >= 0.3 is 0 Å². The van der Waals surface area contributed by atoms with Crippen LogP contribution in [-0.2, 0) is 4.79 Å². The molecule has 0 aromatic carbocycles. The molecular weight excluding hydrogens is 138 g/mol. The van der Waals surface area contributed by atoms with E-state index in [-0.39, 0.29) is 11.8 Å². The van der Waals surface area contributed by atoms with Crippen molar-refractivity contribution in [2.24, 2.45) is 5.92 Å². The van der Waals surface area contributed by atoms with E-state index >= 15 is 0 Å². The highest BCUT2D eigenvalue weighted by atomic mass is 16.2. The number of hydrogen-bond donors (Lipinski definition) is 0. The van der Waals surface area contributed by atoms with Crippen molar-refractivity contribution in [2.75, 3.05) is 13.6 Å². The Morgan fingerprint density at radius 3 is 3.18 bits per heavy atom. The van der Waals surface area contributed by atoms with E-state index in [0.29, 0.717) is 0 Å². The third kappa shape index (κ3) is 1.82. The summed E-state index contributed by atoms with van der Waals surface area (Å²) in [5.41, 5.74) is 0. The third-order valence-corrected chi connectivity index (χ3v) is 2.22. The fraction of sp³-hybridized carbons (Fsp3) is 0.667. The third-order valence-electron chi connectivity index (χ3n) is 2.22. The molecule has 0 saturated carbocycles. The van der Waals surface area contributed by atoms with Crippen LogP contribution in [0.3, 0.4) is 0 Å². The molecule has 0 bridgehead atoms. The molecule has 0 aromatic rings. The first-order valence-corrected chi connectivity index (χ1v) is 4.11. The van der Waals surface area contributed by atoms with E-state index in [1.165, 1.54) is 0 Å². The average molecular weight is 153 g/mol. The number of nitrogens with zero attached hydrogens (tertiary/aromatic N) is 1. The van der Waals surface area contributed by atoms with Crippen LogP contribution >= 0.6 is 0 Å². The molecule has 1 fully saturated rings. The highest BCUT2D eigenvalue weighted by molar-refractivity contribution is 5.79. The summed E-state index contributed by atoms with van der Waals surface area (Å²) in [6.07, 6.45) is 4.85. The van der Waals surface area contributed by atoms with E-state index in [1.54, 1.807) is 0 Å². The lowest BCUT2D eigenvalue weighted by Gasteiger charge is -2.28. The maximum atomic E-state index is 11.4. The van der Waals surface area contributed by atoms with Crippen LogP contribution in [0.5, 0.6) is 0 Å². The Labute approximate surface area is 67.9 Å². The largest absolute Gasteiger partial charge is 0.346 e. The number of amides is 1. The Morgan fingerprint density at radius 1 is 1.82 bits per heavy atom. The van der Waals surface area contributed by atoms with Gasteiger partial charge in [0.1, 0.15) is 0 Å². The van der Waals surface area contributed by atoms with Crippen LogP contribution < -0.4 is 0 Å². The van der Waals surface area contributed by atoms with Gasteiger partial charge in [0, 0.05) is 19.5 Å². The highest BCUT2D eigenvalue weighted by Gasteiger charge is 2.24. The molecule has 1 aliphatic heterocycles. The molecule has 1 amide bonds. The average Bonchev–Trinajstić information content (AvgIpc) is 1.99. The highest BCUT2D eigenvalue weighted by Crippen LogP contribution is 2.19. The molecule has 11 heavy (non-hydrogen) atoms. The van der Waals surface area contributed by atoms with Gasteiger partial charge in [0.15, 0.2) is 0 Å². The summed E-state index contributed by atoms with van der Waals surface area (Å²) in [6, 6.07) is 0. The van der Waals surface area contributed by atoms with Crippen molar-refractivity contribution >= 4 is 5.91 Å². The second kappa shape index (κ2) is 3.56. The van der Waals surface area contributed by atoms with E-state index in [4.69, 9.17) is 0 Å². The Morgan fingerprint density at radius 2 is 2.55 bits per heavy atom. The van der Waals surface area contributed by atoms with Crippen molar-refractivity contribution in [2.45, 2.75) is 19.3 Å². The monoisotopic (exact) mass is 153 g/mol. The zero-order chi connectivity index (χ0) is 8.27. The number of hydrogen-bond acceptors (Lipinski definition) is 1. The first kappa shape index (κ1) is 8.31. The van der Waals surface area contributed by atoms with E-state index in [1.807, 2.05) is 18.0 Å². The van der Waals surface area contributed by atoms with Crippen molar-refractivity contribution in [3.05, 3.63) is 12.7 Å². The van der Waals surface area contributed by atoms with Gasteiger partial charge < -0.3 is 4.90 Å². The molecule has 1 atom stereocenters. The fourth-order valence-corrected chi connectivity index (χ4v) is 1.54. The Kier molecular flexibility index (Phi) is 2.69. The van der Waals surface area contributed by atoms with Gasteiger partial charge in [0.25, 0.3) is 0 Å². The molecule has 0 unspecified atom stereocenters. The Hall–Kier alpha value is -0.790. The molecule has 62 valence electrons. The number of carbonyl (C=O) groups excluding carboxylic acids is 1. The molecule has 0 aromatic heterocycles. The van der Waals surface area contributed by atoms with E-state index in [0.717, 1.165) is 25.8 Å². The predicted molar refractivity (Wildman–Crippen MR) is 45.2 cm³/mol. The first-order valence-electron chi connectivity index (χ1n) is 4.11. The lowest BCUT2D eigenvalue weighted by molar-refractivity contribution is -0.136. The molecule has 0 spiro atoms. The van der Waals surface area contributed by atoms with Crippen LogP contribution in [-0.4, -0.2) is 24.4 Å². The Balaban J connectivity index is 2.51. The van der Waals surface area contributed by atoms with Crippen molar-refractivity contribution in [1.29, 1.82) is 0 Å². The van der Waals surface area contributed by atoms with Crippen molar-refractivity contribution in [3.8, 4) is 0 Å². The SMILES string of the molecule is C=CC[C@H]1CCCN(C)C1=O. The van der Waals surface area contributed by atoms with Gasteiger partial charge in [-0.1, -0.05) is 6.08 Å². The number of rotatable bonds is 2. The van der Waals surface area contributed by atoms with Crippen LogP contribution in [0.4, 0.5) is 0 Å². The molecule has 1 aliphatic rings. The number of likely N-dealkylation sites (tertiary alicyclic amines) is 1. The lowest BCUT2D eigenvalue weighted by Crippen LogP contribution is -2.37. The standard InChI is InChI=1S/C9H15NO/c1-3-5-8-6-4-7-10(2)9(8)11/h3,8H,1,4-7H2,2H3/t8-/m0/s1. The van der Waals surface area contributed by atoms with Crippen molar-refractivity contribution in [1.82, 2.24) is 4.90 Å². The summed E-state index contributed by atoms with van der Waals surface area (Å²) in [4.78, 5) is 13.2. The maximum Gasteiger partial charge on any atom is 0.225 e. The van der Waals surface area contributed by atoms with E-state index < -0.39 is 0 Å². The predicted octanol–water partition coefficient (Wildman–Crippen LogP) is 1.43. The van der Waals surface area contributed by atoms with Gasteiger partial charge in [-0.2, -0.15) is 0 Å². The molecule has 1 rings (SSSR count). The second-order valence-electron chi connectivity index (χ2n) is 3.12. The summed E-state index contributed by atoms with van der Waals surface area (Å²) in [7, 11) is 1.87. The number of carbonyl (C=O) groups is 1. The van der Waals surface area contributed by atoms with Crippen molar-refractivity contribution < 1.29 is 4.79 Å². The van der Waals surface area contributed by atoms with Gasteiger partial charge in [-0.05, 0) is 19.3 Å². The molecule has 0 aliphatic carbocycles. The summed E-state index contributed by atoms with van der Waals surface area (Å²) >= 11 is 0. The summed E-state index contributed by atoms with van der Waals surface area (Å²) < 4.78 is 0. The van der Waals surface area contributed by atoms with Gasteiger partial charge in [0.05, 0.1) is 0 Å². The minimum absolute atomic E-state index is 0.214. The minimum atomic E-state index is 0.214. The van der Waals surface area contributed by atoms with Crippen molar-refractivity contribution in [3.63, 3.8) is 0 Å². The Bertz CT molecular complexity index is 165. The molecule has 0 N–H and O–H groups in total. The molecule has 2 nitrogen and oxygen atoms in total. The van der Waals surface area contributed by atoms with Crippen LogP contribution in [0.25, 0.3) is 0 Å². The van der Waals surface area contributed by atoms with Gasteiger partial charge in [-0.15, -0.1) is 6.58 Å². The molecule has 2 heteroatoms. The minimum Gasteiger partial charge on any atom is -0.346 e.